The third kappa shape index (κ3) is 4.58. The largest absolute Gasteiger partial charge is 0.480 e. The first-order valence-electron chi connectivity index (χ1n) is 4.31. The van der Waals surface area contributed by atoms with Crippen LogP contribution in [0.1, 0.15) is 11.3 Å². The molecule has 1 aromatic heterocycles. The summed E-state index contributed by atoms with van der Waals surface area (Å²) in [5, 5.41) is 8.50. The molecule has 4 nitrogen and oxygen atoms in total. The van der Waals surface area contributed by atoms with Crippen LogP contribution in [-0.4, -0.2) is 22.1 Å². The van der Waals surface area contributed by atoms with Crippen LogP contribution in [0, 0.1) is 0 Å². The lowest BCUT2D eigenvalue weighted by atomic mass is 10.1. The molecule has 0 aromatic carbocycles. The van der Waals surface area contributed by atoms with Gasteiger partial charge in [0.25, 0.3) is 0 Å². The smallest absolute Gasteiger partial charge is 0.433 e. The molecule has 0 bridgehead atoms. The van der Waals surface area contributed by atoms with Gasteiger partial charge in [0.1, 0.15) is 11.7 Å². The topological polar surface area (TPSA) is 76.2 Å². The van der Waals surface area contributed by atoms with Crippen LogP contribution in [0.4, 0.5) is 13.2 Å². The molecule has 8 heteroatoms. The van der Waals surface area contributed by atoms with E-state index in [9.17, 15) is 18.0 Å². The third-order valence-corrected chi connectivity index (χ3v) is 1.89. The number of aromatic nitrogens is 1. The molecule has 0 unspecified atom stereocenters. The fourth-order valence-electron chi connectivity index (χ4n) is 1.05. The SMILES string of the molecule is Cl.N[C@@H](Cc1ccc(C(F)(F)F)nc1)C(=O)O. The van der Waals surface area contributed by atoms with Crippen LogP contribution in [0.5, 0.6) is 0 Å². The molecule has 1 atom stereocenters. The molecule has 3 N–H and O–H groups in total. The van der Waals surface area contributed by atoms with Gasteiger partial charge in [-0.1, -0.05) is 6.07 Å². The van der Waals surface area contributed by atoms with E-state index in [-0.39, 0.29) is 18.8 Å². The minimum atomic E-state index is -4.49. The highest BCUT2D eigenvalue weighted by Gasteiger charge is 2.32. The number of carbonyl (C=O) groups is 1. The number of carboxylic acid groups (broad SMARTS) is 1. The standard InChI is InChI=1S/C9H9F3N2O2.ClH/c10-9(11,12)7-2-1-5(4-14-7)3-6(13)8(15)16;/h1-2,4,6H,3,13H2,(H,15,16);1H/t6-;/m0./s1. The van der Waals surface area contributed by atoms with Gasteiger partial charge in [0.15, 0.2) is 0 Å². The zero-order valence-electron chi connectivity index (χ0n) is 8.44. The Labute approximate surface area is 101 Å². The van der Waals surface area contributed by atoms with Gasteiger partial charge in [-0.15, -0.1) is 12.4 Å². The van der Waals surface area contributed by atoms with Crippen molar-refractivity contribution in [1.82, 2.24) is 4.98 Å². The van der Waals surface area contributed by atoms with Gasteiger partial charge >= 0.3 is 12.1 Å². The van der Waals surface area contributed by atoms with Crippen molar-refractivity contribution in [3.8, 4) is 0 Å². The lowest BCUT2D eigenvalue weighted by molar-refractivity contribution is -0.141. The average Bonchev–Trinajstić information content (AvgIpc) is 2.17. The van der Waals surface area contributed by atoms with E-state index < -0.39 is 23.9 Å². The maximum absolute atomic E-state index is 12.1. The van der Waals surface area contributed by atoms with Gasteiger partial charge in [-0.2, -0.15) is 13.2 Å². The zero-order valence-corrected chi connectivity index (χ0v) is 9.26. The van der Waals surface area contributed by atoms with Crippen LogP contribution in [0.2, 0.25) is 0 Å². The fraction of sp³-hybridized carbons (Fsp3) is 0.333. The lowest BCUT2D eigenvalue weighted by Crippen LogP contribution is -2.32. The molecule has 0 aliphatic carbocycles. The molecule has 0 radical (unpaired) electrons. The van der Waals surface area contributed by atoms with Crippen molar-refractivity contribution in [2.45, 2.75) is 18.6 Å². The van der Waals surface area contributed by atoms with Gasteiger partial charge in [0.05, 0.1) is 0 Å². The van der Waals surface area contributed by atoms with Crippen LogP contribution in [0.15, 0.2) is 18.3 Å². The van der Waals surface area contributed by atoms with E-state index in [1.165, 1.54) is 6.07 Å². The van der Waals surface area contributed by atoms with Gasteiger partial charge in [0, 0.05) is 6.20 Å². The van der Waals surface area contributed by atoms with E-state index in [2.05, 4.69) is 4.98 Å². The fourth-order valence-corrected chi connectivity index (χ4v) is 1.05. The summed E-state index contributed by atoms with van der Waals surface area (Å²) in [5.74, 6) is -1.21. The monoisotopic (exact) mass is 270 g/mol. The van der Waals surface area contributed by atoms with Crippen molar-refractivity contribution < 1.29 is 23.1 Å². The highest BCUT2D eigenvalue weighted by Crippen LogP contribution is 2.27. The van der Waals surface area contributed by atoms with Gasteiger partial charge in [-0.3, -0.25) is 9.78 Å². The normalized spacial score (nSPS) is 12.7. The Morgan fingerprint density at radius 2 is 2.06 bits per heavy atom. The van der Waals surface area contributed by atoms with E-state index in [0.29, 0.717) is 5.56 Å². The van der Waals surface area contributed by atoms with Crippen molar-refractivity contribution in [2.75, 3.05) is 0 Å². The van der Waals surface area contributed by atoms with Crippen LogP contribution in [-0.2, 0) is 17.4 Å². The van der Waals surface area contributed by atoms with Crippen molar-refractivity contribution in [3.05, 3.63) is 29.6 Å². The van der Waals surface area contributed by atoms with Crippen LogP contribution < -0.4 is 5.73 Å². The minimum Gasteiger partial charge on any atom is -0.480 e. The summed E-state index contributed by atoms with van der Waals surface area (Å²) < 4.78 is 36.4. The van der Waals surface area contributed by atoms with E-state index in [4.69, 9.17) is 10.8 Å². The number of alkyl halides is 3. The Balaban J connectivity index is 0.00000256. The summed E-state index contributed by atoms with van der Waals surface area (Å²) >= 11 is 0. The molecule has 17 heavy (non-hydrogen) atoms. The number of rotatable bonds is 3. The molecule has 0 spiro atoms. The third-order valence-electron chi connectivity index (χ3n) is 1.89. The van der Waals surface area contributed by atoms with Crippen LogP contribution in [0.25, 0.3) is 0 Å². The minimum absolute atomic E-state index is 0. The number of pyridine rings is 1. The first-order chi connectivity index (χ1) is 7.30. The molecular weight excluding hydrogens is 261 g/mol. The molecule has 1 aromatic rings. The summed E-state index contributed by atoms with van der Waals surface area (Å²) in [7, 11) is 0. The summed E-state index contributed by atoms with van der Waals surface area (Å²) in [6.45, 7) is 0. The molecule has 1 rings (SSSR count). The second-order valence-electron chi connectivity index (χ2n) is 3.20. The molecule has 0 fully saturated rings. The van der Waals surface area contributed by atoms with Gasteiger partial charge < -0.3 is 10.8 Å². The first-order valence-corrected chi connectivity index (χ1v) is 4.31. The van der Waals surface area contributed by atoms with Crippen molar-refractivity contribution in [2.24, 2.45) is 5.73 Å². The molecular formula is C9H10ClF3N2O2. The summed E-state index contributed by atoms with van der Waals surface area (Å²) in [6, 6.07) is 0.821. The highest BCUT2D eigenvalue weighted by molar-refractivity contribution is 5.85. The number of carboxylic acids is 1. The van der Waals surface area contributed by atoms with Crippen molar-refractivity contribution in [1.29, 1.82) is 0 Å². The zero-order chi connectivity index (χ0) is 12.3. The van der Waals surface area contributed by atoms with E-state index in [0.717, 1.165) is 12.3 Å². The highest BCUT2D eigenvalue weighted by atomic mass is 35.5. The van der Waals surface area contributed by atoms with Gasteiger partial charge in [-0.25, -0.2) is 0 Å². The number of hydrogen-bond donors (Lipinski definition) is 2. The van der Waals surface area contributed by atoms with Crippen LogP contribution >= 0.6 is 12.4 Å². The number of halogens is 4. The van der Waals surface area contributed by atoms with Gasteiger partial charge in [0.2, 0.25) is 0 Å². The Bertz CT molecular complexity index is 381. The maximum atomic E-state index is 12.1. The predicted molar refractivity (Wildman–Crippen MR) is 55.8 cm³/mol. The average molecular weight is 271 g/mol. The Morgan fingerprint density at radius 3 is 2.41 bits per heavy atom. The summed E-state index contributed by atoms with van der Waals surface area (Å²) in [5.41, 5.74) is 4.56. The predicted octanol–water partition coefficient (Wildman–Crippen LogP) is 1.48. The van der Waals surface area contributed by atoms with Gasteiger partial charge in [-0.05, 0) is 18.1 Å². The lowest BCUT2D eigenvalue weighted by Gasteiger charge is -2.08. The molecule has 0 aliphatic heterocycles. The van der Waals surface area contributed by atoms with Crippen molar-refractivity contribution >= 4 is 18.4 Å². The molecule has 96 valence electrons. The second kappa shape index (κ2) is 5.83. The maximum Gasteiger partial charge on any atom is 0.433 e. The second-order valence-corrected chi connectivity index (χ2v) is 3.20. The number of hydrogen-bond acceptors (Lipinski definition) is 3. The van der Waals surface area contributed by atoms with E-state index >= 15 is 0 Å². The number of nitrogens with zero attached hydrogens (tertiary/aromatic N) is 1. The number of aliphatic carboxylic acids is 1. The van der Waals surface area contributed by atoms with Crippen LogP contribution in [0.3, 0.4) is 0 Å². The first kappa shape index (κ1) is 15.7. The summed E-state index contributed by atoms with van der Waals surface area (Å²) in [4.78, 5) is 13.6. The molecule has 0 saturated heterocycles. The summed E-state index contributed by atoms with van der Waals surface area (Å²) in [6.07, 6.45) is -3.57. The Kier molecular flexibility index (Phi) is 5.37. The molecule has 0 saturated carbocycles. The molecule has 1 heterocycles. The Hall–Kier alpha value is -1.34. The van der Waals surface area contributed by atoms with Crippen molar-refractivity contribution in [3.63, 3.8) is 0 Å². The molecule has 0 aliphatic rings. The quantitative estimate of drug-likeness (QED) is 0.872. The van der Waals surface area contributed by atoms with E-state index in [1.807, 2.05) is 0 Å². The van der Waals surface area contributed by atoms with E-state index in [1.54, 1.807) is 0 Å². The Morgan fingerprint density at radius 1 is 1.47 bits per heavy atom. The number of nitrogens with two attached hydrogens (primary N) is 1. The molecule has 0 amide bonds.